The number of benzene rings is 2. The number of halogens is 6. The molecule has 13 heteroatoms. The molecule has 2 aromatic carbocycles. The van der Waals surface area contributed by atoms with Crippen LogP contribution in [0.4, 0.5) is 37.7 Å². The zero-order valence-electron chi connectivity index (χ0n) is 21.9. The Kier molecular flexibility index (Phi) is 8.04. The van der Waals surface area contributed by atoms with Crippen molar-refractivity contribution in [3.05, 3.63) is 59.7 Å². The van der Waals surface area contributed by atoms with Crippen molar-refractivity contribution >= 4 is 29.1 Å². The van der Waals surface area contributed by atoms with Crippen LogP contribution in [0.3, 0.4) is 0 Å². The molecule has 0 spiro atoms. The first-order valence-electron chi connectivity index (χ1n) is 12.8. The van der Waals surface area contributed by atoms with Crippen LogP contribution >= 0.6 is 0 Å². The highest BCUT2D eigenvalue weighted by Gasteiger charge is 2.56. The molecule has 2 amide bonds. The lowest BCUT2D eigenvalue weighted by Gasteiger charge is -2.49. The van der Waals surface area contributed by atoms with Crippen LogP contribution < -0.4 is 10.2 Å². The average molecular weight is 570 g/mol. The summed E-state index contributed by atoms with van der Waals surface area (Å²) < 4.78 is 81.9. The highest BCUT2D eigenvalue weighted by molar-refractivity contribution is 6.20. The van der Waals surface area contributed by atoms with Gasteiger partial charge in [0.2, 0.25) is 17.8 Å². The number of alkyl halides is 6. The third-order valence-electron chi connectivity index (χ3n) is 7.05. The van der Waals surface area contributed by atoms with Gasteiger partial charge in [0.15, 0.2) is 0 Å². The molecule has 2 aliphatic rings. The predicted molar refractivity (Wildman–Crippen MR) is 137 cm³/mol. The molecule has 40 heavy (non-hydrogen) atoms. The third kappa shape index (κ3) is 5.33. The van der Waals surface area contributed by atoms with Crippen molar-refractivity contribution < 1.29 is 35.9 Å². The molecule has 7 nitrogen and oxygen atoms in total. The maximum absolute atomic E-state index is 13.9. The topological polar surface area (TPSA) is 68.2 Å². The van der Waals surface area contributed by atoms with E-state index in [-0.39, 0.29) is 43.5 Å². The first-order chi connectivity index (χ1) is 18.8. The predicted octanol–water partition coefficient (Wildman–Crippen LogP) is 6.14. The summed E-state index contributed by atoms with van der Waals surface area (Å²) in [6, 6.07) is 9.70. The first kappa shape index (κ1) is 29.2. The second-order valence-corrected chi connectivity index (χ2v) is 9.72. The number of hydrogen-bond donors (Lipinski definition) is 1. The van der Waals surface area contributed by atoms with E-state index in [9.17, 15) is 35.9 Å². The van der Waals surface area contributed by atoms with Crippen molar-refractivity contribution in [1.29, 1.82) is 0 Å². The Bertz CT molecular complexity index is 1290. The maximum Gasteiger partial charge on any atom is 0.418 e. The fraction of sp³-hybridized carbons (Fsp3) is 0.444. The van der Waals surface area contributed by atoms with Crippen LogP contribution in [0.2, 0.25) is 0 Å². The normalized spacial score (nSPS) is 17.6. The van der Waals surface area contributed by atoms with Gasteiger partial charge < -0.3 is 10.2 Å². The summed E-state index contributed by atoms with van der Waals surface area (Å²) in [5, 5.41) is 2.67. The minimum absolute atomic E-state index is 0.115. The van der Waals surface area contributed by atoms with Gasteiger partial charge in [-0.25, -0.2) is 4.99 Å². The summed E-state index contributed by atoms with van der Waals surface area (Å²) in [6.07, 6.45) is -8.07. The molecule has 2 aliphatic heterocycles. The van der Waals surface area contributed by atoms with Gasteiger partial charge in [-0.3, -0.25) is 19.4 Å². The van der Waals surface area contributed by atoms with Gasteiger partial charge in [0, 0.05) is 5.69 Å². The van der Waals surface area contributed by atoms with Crippen LogP contribution in [0, 0.1) is 5.41 Å². The number of anilines is 2. The van der Waals surface area contributed by atoms with E-state index in [4.69, 9.17) is 0 Å². The molecule has 0 saturated carbocycles. The summed E-state index contributed by atoms with van der Waals surface area (Å²) in [5.41, 5.74) is -3.80. The van der Waals surface area contributed by atoms with Crippen LogP contribution in [-0.2, 0) is 21.9 Å². The Labute approximate surface area is 227 Å². The molecule has 1 saturated heterocycles. The van der Waals surface area contributed by atoms with E-state index >= 15 is 0 Å². The van der Waals surface area contributed by atoms with E-state index in [0.717, 1.165) is 17.0 Å². The summed E-state index contributed by atoms with van der Waals surface area (Å²) in [5.74, 6) is -1.30. The summed E-state index contributed by atoms with van der Waals surface area (Å²) >= 11 is 0. The van der Waals surface area contributed by atoms with Crippen LogP contribution in [0.5, 0.6) is 0 Å². The smallest absolute Gasteiger partial charge is 0.367 e. The Morgan fingerprint density at radius 3 is 2.02 bits per heavy atom. The Morgan fingerprint density at radius 1 is 0.850 bits per heavy atom. The third-order valence-corrected chi connectivity index (χ3v) is 7.05. The van der Waals surface area contributed by atoms with Crippen LogP contribution in [-0.4, -0.2) is 47.6 Å². The van der Waals surface area contributed by atoms with Gasteiger partial charge in [-0.05, 0) is 37.1 Å². The van der Waals surface area contributed by atoms with Gasteiger partial charge in [0.1, 0.15) is 18.8 Å². The molecular weight excluding hydrogens is 540 g/mol. The molecule has 0 bridgehead atoms. The molecule has 1 N–H and O–H groups in total. The van der Waals surface area contributed by atoms with Crippen LogP contribution in [0.15, 0.2) is 53.5 Å². The lowest BCUT2D eigenvalue weighted by atomic mass is 9.75. The fourth-order valence-corrected chi connectivity index (χ4v) is 5.34. The summed E-state index contributed by atoms with van der Waals surface area (Å²) in [4.78, 5) is 35.7. The van der Waals surface area contributed by atoms with Crippen molar-refractivity contribution in [2.75, 3.05) is 30.2 Å². The highest BCUT2D eigenvalue weighted by atomic mass is 19.4. The number of rotatable bonds is 8. The number of carbonyl (C=O) groups excluding carboxylic acids is 2. The molecular formula is C27H29F6N5O2. The lowest BCUT2D eigenvalue weighted by molar-refractivity contribution is -0.158. The monoisotopic (exact) mass is 569 g/mol. The van der Waals surface area contributed by atoms with Gasteiger partial charge >= 0.3 is 12.4 Å². The van der Waals surface area contributed by atoms with E-state index in [2.05, 4.69) is 10.3 Å². The number of fused-ring (bicyclic) bond motifs is 1. The number of amides is 2. The zero-order chi connectivity index (χ0) is 29.3. The van der Waals surface area contributed by atoms with E-state index in [1.54, 1.807) is 13.8 Å². The van der Waals surface area contributed by atoms with Gasteiger partial charge in [-0.15, -0.1) is 0 Å². The van der Waals surface area contributed by atoms with Gasteiger partial charge in [-0.2, -0.15) is 26.3 Å². The Balaban J connectivity index is 1.75. The van der Waals surface area contributed by atoms with Crippen molar-refractivity contribution in [1.82, 2.24) is 9.80 Å². The number of guanidine groups is 1. The molecule has 216 valence electrons. The van der Waals surface area contributed by atoms with Gasteiger partial charge in [-0.1, -0.05) is 51.0 Å². The van der Waals surface area contributed by atoms with E-state index in [0.29, 0.717) is 12.8 Å². The Morgan fingerprint density at radius 2 is 1.43 bits per heavy atom. The van der Waals surface area contributed by atoms with Crippen molar-refractivity contribution in [2.45, 2.75) is 51.9 Å². The van der Waals surface area contributed by atoms with E-state index in [1.165, 1.54) is 46.2 Å². The number of aliphatic imine (C=N–C) groups is 1. The summed E-state index contributed by atoms with van der Waals surface area (Å²) in [7, 11) is 0. The number of nitrogens with zero attached hydrogens (tertiary/aromatic N) is 4. The molecule has 0 radical (unpaired) electrons. The quantitative estimate of drug-likeness (QED) is 0.306. The summed E-state index contributed by atoms with van der Waals surface area (Å²) in [6.45, 7) is 2.55. The van der Waals surface area contributed by atoms with Crippen LogP contribution in [0.25, 0.3) is 0 Å². The fourth-order valence-electron chi connectivity index (χ4n) is 5.34. The molecule has 0 unspecified atom stereocenters. The van der Waals surface area contributed by atoms with Gasteiger partial charge in [0.05, 0.1) is 23.5 Å². The highest BCUT2D eigenvalue weighted by Crippen LogP contribution is 2.42. The standard InChI is InChI=1S/C27H29F6N5O2/c1-3-13-25(14-4-2)22(39)37(16-34-20-11-7-5-9-18(20)26(28,29)30)24-35-15-36(17-38(24)23(25)40)21-12-8-6-10-19(21)27(31,32)33/h5-12,34H,3-4,13-17H2,1-2H3. The SMILES string of the molecule is CCCC1(CCC)C(=O)N(CNc2ccccc2C(F)(F)F)C2=NCN(c3ccccc3C(F)(F)F)CN2C1=O. The second kappa shape index (κ2) is 11.0. The second-order valence-electron chi connectivity index (χ2n) is 9.72. The van der Waals surface area contributed by atoms with E-state index in [1.807, 2.05) is 0 Å². The largest absolute Gasteiger partial charge is 0.418 e. The van der Waals surface area contributed by atoms with Crippen molar-refractivity contribution in [2.24, 2.45) is 10.4 Å². The average Bonchev–Trinajstić information content (AvgIpc) is 2.91. The van der Waals surface area contributed by atoms with E-state index < -0.39 is 47.4 Å². The minimum Gasteiger partial charge on any atom is -0.367 e. The molecule has 2 heterocycles. The number of hydrogen-bond acceptors (Lipinski definition) is 5. The maximum atomic E-state index is 13.9. The molecule has 2 aromatic rings. The van der Waals surface area contributed by atoms with Crippen molar-refractivity contribution in [3.8, 4) is 0 Å². The first-order valence-corrected chi connectivity index (χ1v) is 12.8. The molecule has 0 atom stereocenters. The molecule has 4 rings (SSSR count). The molecule has 1 fully saturated rings. The number of para-hydroxylation sites is 2. The van der Waals surface area contributed by atoms with Gasteiger partial charge in [0.25, 0.3) is 0 Å². The number of nitrogens with one attached hydrogen (secondary N) is 1. The van der Waals surface area contributed by atoms with Crippen LogP contribution in [0.1, 0.15) is 50.7 Å². The zero-order valence-corrected chi connectivity index (χ0v) is 21.9. The molecule has 0 aromatic heterocycles. The molecule has 0 aliphatic carbocycles. The minimum atomic E-state index is -4.65. The number of carbonyl (C=O) groups is 2. The lowest BCUT2D eigenvalue weighted by Crippen LogP contribution is -2.69. The Hall–Kier alpha value is -3.77. The van der Waals surface area contributed by atoms with Crippen molar-refractivity contribution in [3.63, 3.8) is 0 Å².